The third-order valence-corrected chi connectivity index (χ3v) is 5.63. The first-order chi connectivity index (χ1) is 9.66. The fourth-order valence-corrected chi connectivity index (χ4v) is 3.65. The molecule has 4 heteroatoms. The summed E-state index contributed by atoms with van der Waals surface area (Å²) in [7, 11) is 0. The van der Waals surface area contributed by atoms with Gasteiger partial charge >= 0.3 is 125 Å². The van der Waals surface area contributed by atoms with Crippen LogP contribution in [0.15, 0.2) is 47.3 Å². The number of nitrogens with one attached hydrogen (secondary N) is 2. The van der Waals surface area contributed by atoms with Crippen molar-refractivity contribution in [1.82, 2.24) is 5.32 Å². The van der Waals surface area contributed by atoms with Crippen molar-refractivity contribution in [1.29, 1.82) is 5.41 Å². The van der Waals surface area contributed by atoms with Crippen LogP contribution >= 0.6 is 0 Å². The van der Waals surface area contributed by atoms with E-state index in [1.165, 1.54) is 5.21 Å². The summed E-state index contributed by atoms with van der Waals surface area (Å²) < 4.78 is 5.11. The molecule has 0 atom stereocenters. The zero-order valence-corrected chi connectivity index (χ0v) is 13.9. The zero-order valence-electron chi connectivity index (χ0n) is 12.0. The predicted octanol–water partition coefficient (Wildman–Crippen LogP) is 4.01. The number of rotatable bonds is 6. The minimum absolute atomic E-state index is 0.501. The molecule has 0 aliphatic heterocycles. The van der Waals surface area contributed by atoms with E-state index in [0.29, 0.717) is 5.84 Å². The van der Waals surface area contributed by atoms with Gasteiger partial charge in [0.05, 0.1) is 0 Å². The van der Waals surface area contributed by atoms with Gasteiger partial charge in [-0.05, 0) is 0 Å². The summed E-state index contributed by atoms with van der Waals surface area (Å²) in [5.41, 5.74) is 7.79. The summed E-state index contributed by atoms with van der Waals surface area (Å²) >= 11 is -0.530. The van der Waals surface area contributed by atoms with Crippen LogP contribution in [0.5, 0.6) is 0 Å². The average molecular weight is 332 g/mol. The summed E-state index contributed by atoms with van der Waals surface area (Å²) in [4.78, 5) is 0. The monoisotopic (exact) mass is 332 g/mol. The summed E-state index contributed by atoms with van der Waals surface area (Å²) in [5.74, 6) is 0.501. The van der Waals surface area contributed by atoms with Crippen LogP contribution < -0.4 is 5.32 Å². The Morgan fingerprint density at radius 3 is 2.80 bits per heavy atom. The first kappa shape index (κ1) is 14.9. The number of benzene rings is 1. The minimum atomic E-state index is -0.530. The number of amidine groups is 1. The molecule has 0 radical (unpaired) electrons. The fourth-order valence-electron chi connectivity index (χ4n) is 1.99. The third kappa shape index (κ3) is 4.28. The van der Waals surface area contributed by atoms with E-state index in [2.05, 4.69) is 16.7 Å². The Hall–Kier alpha value is -1.47. The molecule has 0 bridgehead atoms. The van der Waals surface area contributed by atoms with Crippen LogP contribution in [0.2, 0.25) is 16.6 Å². The van der Waals surface area contributed by atoms with Gasteiger partial charge in [-0.25, -0.2) is 0 Å². The molecule has 1 aromatic carbocycles. The third-order valence-electron chi connectivity index (χ3n) is 3.09. The molecule has 2 aromatic rings. The first-order valence-electron chi connectivity index (χ1n) is 6.77. The second-order valence-corrected chi connectivity index (χ2v) is 10.5. The van der Waals surface area contributed by atoms with E-state index in [-0.39, 0.29) is 0 Å². The topological polar surface area (TPSA) is 49.0 Å². The van der Waals surface area contributed by atoms with Crippen molar-refractivity contribution in [2.45, 2.75) is 23.1 Å². The van der Waals surface area contributed by atoms with Crippen molar-refractivity contribution >= 4 is 20.5 Å². The molecular weight excluding hydrogens is 311 g/mol. The van der Waals surface area contributed by atoms with E-state index in [1.807, 2.05) is 30.3 Å². The van der Waals surface area contributed by atoms with Crippen LogP contribution in [0.1, 0.15) is 12.0 Å². The van der Waals surface area contributed by atoms with Crippen molar-refractivity contribution in [3.8, 4) is 11.1 Å². The quantitative estimate of drug-likeness (QED) is 0.363. The second-order valence-electron chi connectivity index (χ2n) is 5.05. The Morgan fingerprint density at radius 1 is 1.25 bits per heavy atom. The summed E-state index contributed by atoms with van der Waals surface area (Å²) in [6, 6.07) is 9.94. The molecule has 0 spiro atoms. The predicted molar refractivity (Wildman–Crippen MR) is 85.9 cm³/mol. The van der Waals surface area contributed by atoms with Gasteiger partial charge in [0.15, 0.2) is 0 Å². The molecular formula is C16H21AsN2O. The molecule has 0 aliphatic rings. The van der Waals surface area contributed by atoms with Crippen LogP contribution in [0.25, 0.3) is 11.1 Å². The van der Waals surface area contributed by atoms with E-state index in [9.17, 15) is 0 Å². The molecule has 0 fully saturated rings. The fraction of sp³-hybridized carbons (Fsp3) is 0.312. The van der Waals surface area contributed by atoms with Crippen LogP contribution in [-0.4, -0.2) is 27.0 Å². The molecule has 0 amide bonds. The molecule has 0 aliphatic carbocycles. The molecule has 2 N–H and O–H groups in total. The van der Waals surface area contributed by atoms with E-state index in [1.54, 1.807) is 12.5 Å². The summed E-state index contributed by atoms with van der Waals surface area (Å²) in [6.45, 7) is 0.891. The van der Waals surface area contributed by atoms with Gasteiger partial charge in [-0.2, -0.15) is 0 Å². The first-order valence-corrected chi connectivity index (χ1v) is 11.8. The normalized spacial score (nSPS) is 10.8. The van der Waals surface area contributed by atoms with Gasteiger partial charge in [0, 0.05) is 0 Å². The van der Waals surface area contributed by atoms with Crippen LogP contribution in [0.3, 0.4) is 0 Å². The Labute approximate surface area is 125 Å². The van der Waals surface area contributed by atoms with E-state index in [0.717, 1.165) is 29.7 Å². The molecule has 3 nitrogen and oxygen atoms in total. The van der Waals surface area contributed by atoms with Crippen molar-refractivity contribution < 1.29 is 4.42 Å². The molecule has 20 heavy (non-hydrogen) atoms. The molecule has 106 valence electrons. The number of furan rings is 1. The van der Waals surface area contributed by atoms with Crippen molar-refractivity contribution in [2.75, 3.05) is 6.54 Å². The molecule has 0 unspecified atom stereocenters. The molecule has 1 aromatic heterocycles. The van der Waals surface area contributed by atoms with Gasteiger partial charge in [-0.15, -0.1) is 0 Å². The SMILES string of the molecule is C[As](C)CCCNC(=N)c1cccc(-c2ccoc2)c1. The maximum absolute atomic E-state index is 8.11. The Bertz CT molecular complexity index is 549. The zero-order chi connectivity index (χ0) is 14.4. The van der Waals surface area contributed by atoms with Gasteiger partial charge in [0.1, 0.15) is 0 Å². The van der Waals surface area contributed by atoms with Crippen LogP contribution in [0, 0.1) is 5.41 Å². The van der Waals surface area contributed by atoms with Gasteiger partial charge < -0.3 is 0 Å². The summed E-state index contributed by atoms with van der Waals surface area (Å²) in [6.07, 6.45) is 4.56. The Kier molecular flexibility index (Phi) is 5.48. The Morgan fingerprint density at radius 2 is 2.10 bits per heavy atom. The van der Waals surface area contributed by atoms with E-state index in [4.69, 9.17) is 9.83 Å². The van der Waals surface area contributed by atoms with Crippen LogP contribution in [-0.2, 0) is 0 Å². The van der Waals surface area contributed by atoms with E-state index >= 15 is 0 Å². The second kappa shape index (κ2) is 7.35. The Balaban J connectivity index is 1.95. The van der Waals surface area contributed by atoms with E-state index < -0.39 is 14.7 Å². The van der Waals surface area contributed by atoms with Crippen molar-refractivity contribution in [3.05, 3.63) is 48.4 Å². The van der Waals surface area contributed by atoms with Crippen molar-refractivity contribution in [2.24, 2.45) is 0 Å². The molecule has 2 rings (SSSR count). The van der Waals surface area contributed by atoms with Crippen LogP contribution in [0.4, 0.5) is 0 Å². The average Bonchev–Trinajstić information content (AvgIpc) is 2.97. The standard InChI is InChI=1S/C16H21AsN2O/c1-17(2)8-4-9-19-16(18)14-6-3-5-13(11-14)15-7-10-20-12-15/h3,5-7,10-12H,4,8-9H2,1-2H3,(H2,18,19). The number of hydrogen-bond acceptors (Lipinski definition) is 2. The molecule has 1 heterocycles. The van der Waals surface area contributed by atoms with Gasteiger partial charge in [-0.3, -0.25) is 0 Å². The van der Waals surface area contributed by atoms with Gasteiger partial charge in [-0.1, -0.05) is 0 Å². The van der Waals surface area contributed by atoms with Gasteiger partial charge in [0.2, 0.25) is 0 Å². The summed E-state index contributed by atoms with van der Waals surface area (Å²) in [5, 5.41) is 12.7. The molecule has 0 saturated carbocycles. The van der Waals surface area contributed by atoms with Crippen molar-refractivity contribution in [3.63, 3.8) is 0 Å². The molecule has 0 saturated heterocycles. The van der Waals surface area contributed by atoms with Gasteiger partial charge in [0.25, 0.3) is 0 Å². The maximum atomic E-state index is 8.11. The number of hydrogen-bond donors (Lipinski definition) is 2.